The number of amides is 1. The first-order chi connectivity index (χ1) is 9.98. The number of hydrogen-bond acceptors (Lipinski definition) is 4. The van der Waals surface area contributed by atoms with Crippen LogP contribution in [-0.2, 0) is 14.6 Å². The molecule has 1 fully saturated rings. The maximum Gasteiger partial charge on any atom is 0.245 e. The van der Waals surface area contributed by atoms with E-state index in [0.717, 1.165) is 12.0 Å². The summed E-state index contributed by atoms with van der Waals surface area (Å²) in [6, 6.07) is 9.15. The minimum atomic E-state index is -3.07. The number of hydrogen-bond donors (Lipinski definition) is 1. The number of benzene rings is 1. The Morgan fingerprint density at radius 1 is 1.19 bits per heavy atom. The predicted molar refractivity (Wildman–Crippen MR) is 82.4 cm³/mol. The number of carbonyl (C=O) groups excluding carboxylic acids is 1. The van der Waals surface area contributed by atoms with Gasteiger partial charge in [0.05, 0.1) is 11.9 Å². The minimum Gasteiger partial charge on any atom is -0.324 e. The largest absolute Gasteiger partial charge is 0.324 e. The highest BCUT2D eigenvalue weighted by atomic mass is 32.2. The van der Waals surface area contributed by atoms with Gasteiger partial charge in [0.25, 0.3) is 0 Å². The van der Waals surface area contributed by atoms with Crippen LogP contribution in [0.3, 0.4) is 0 Å². The van der Waals surface area contributed by atoms with Crippen molar-refractivity contribution >= 4 is 15.7 Å². The van der Waals surface area contributed by atoms with Crippen molar-refractivity contribution in [1.82, 2.24) is 10.2 Å². The van der Waals surface area contributed by atoms with Gasteiger partial charge in [-0.05, 0) is 12.0 Å². The third-order valence-corrected chi connectivity index (χ3v) is 5.55. The molecule has 6 heteroatoms. The molecule has 1 saturated heterocycles. The van der Waals surface area contributed by atoms with Crippen molar-refractivity contribution in [2.45, 2.75) is 32.5 Å². The van der Waals surface area contributed by atoms with Gasteiger partial charge in [0.1, 0.15) is 6.04 Å². The molecule has 0 bridgehead atoms. The molecular weight excluding hydrogens is 288 g/mol. The standard InChI is InChI=1S/C15H22N2O3S/c1-3-13-16-14(12-8-6-5-7-9-12)15(18)17(13)10-11-21(19,20)4-2/h5-9,13-14,16H,3-4,10-11H2,1-2H3. The van der Waals surface area contributed by atoms with Crippen LogP contribution in [-0.4, -0.2) is 43.4 Å². The van der Waals surface area contributed by atoms with Gasteiger partial charge < -0.3 is 4.90 Å². The number of nitrogens with zero attached hydrogens (tertiary/aromatic N) is 1. The highest BCUT2D eigenvalue weighted by Gasteiger charge is 2.38. The zero-order chi connectivity index (χ0) is 15.5. The summed E-state index contributed by atoms with van der Waals surface area (Å²) in [5.41, 5.74) is 0.918. The molecule has 0 saturated carbocycles. The van der Waals surface area contributed by atoms with E-state index in [0.29, 0.717) is 0 Å². The van der Waals surface area contributed by atoms with E-state index in [9.17, 15) is 13.2 Å². The second-order valence-electron chi connectivity index (χ2n) is 5.20. The van der Waals surface area contributed by atoms with Crippen LogP contribution in [0.1, 0.15) is 31.9 Å². The van der Waals surface area contributed by atoms with Gasteiger partial charge in [-0.25, -0.2) is 8.42 Å². The van der Waals surface area contributed by atoms with Crippen molar-refractivity contribution < 1.29 is 13.2 Å². The van der Waals surface area contributed by atoms with E-state index in [1.54, 1.807) is 11.8 Å². The lowest BCUT2D eigenvalue weighted by atomic mass is 10.1. The molecule has 116 valence electrons. The van der Waals surface area contributed by atoms with E-state index in [4.69, 9.17) is 0 Å². The predicted octanol–water partition coefficient (Wildman–Crippen LogP) is 1.33. The Hall–Kier alpha value is -1.40. The van der Waals surface area contributed by atoms with Crippen molar-refractivity contribution in [1.29, 1.82) is 0 Å². The molecule has 2 rings (SSSR count). The Balaban J connectivity index is 2.13. The van der Waals surface area contributed by atoms with Crippen molar-refractivity contribution in [3.63, 3.8) is 0 Å². The van der Waals surface area contributed by atoms with Crippen LogP contribution in [0.4, 0.5) is 0 Å². The third-order valence-electron chi connectivity index (χ3n) is 3.87. The lowest BCUT2D eigenvalue weighted by molar-refractivity contribution is -0.129. The molecule has 1 aliphatic rings. The summed E-state index contributed by atoms with van der Waals surface area (Å²) in [4.78, 5) is 14.2. The highest BCUT2D eigenvalue weighted by molar-refractivity contribution is 7.91. The highest BCUT2D eigenvalue weighted by Crippen LogP contribution is 2.25. The molecule has 0 aromatic heterocycles. The maximum absolute atomic E-state index is 12.5. The molecule has 2 atom stereocenters. The average Bonchev–Trinajstić information content (AvgIpc) is 2.82. The van der Waals surface area contributed by atoms with Crippen LogP contribution in [0.15, 0.2) is 30.3 Å². The first-order valence-corrected chi connectivity index (χ1v) is 9.12. The fraction of sp³-hybridized carbons (Fsp3) is 0.533. The second kappa shape index (κ2) is 6.58. The van der Waals surface area contributed by atoms with Crippen LogP contribution >= 0.6 is 0 Å². The molecule has 1 heterocycles. The van der Waals surface area contributed by atoms with Gasteiger partial charge in [-0.1, -0.05) is 44.2 Å². The van der Waals surface area contributed by atoms with Crippen LogP contribution in [0, 0.1) is 0 Å². The van der Waals surface area contributed by atoms with Crippen molar-refractivity contribution in [3.05, 3.63) is 35.9 Å². The molecule has 0 aliphatic carbocycles. The van der Waals surface area contributed by atoms with E-state index >= 15 is 0 Å². The molecule has 0 radical (unpaired) electrons. The van der Waals surface area contributed by atoms with Gasteiger partial charge in [-0.3, -0.25) is 10.1 Å². The summed E-state index contributed by atoms with van der Waals surface area (Å²) in [7, 11) is -3.07. The van der Waals surface area contributed by atoms with E-state index in [1.165, 1.54) is 0 Å². The number of rotatable bonds is 6. The lowest BCUT2D eigenvalue weighted by Crippen LogP contribution is -2.39. The Kier molecular flexibility index (Phi) is 5.00. The zero-order valence-electron chi connectivity index (χ0n) is 12.5. The van der Waals surface area contributed by atoms with E-state index in [-0.39, 0.29) is 36.2 Å². The molecule has 1 aromatic rings. The third kappa shape index (κ3) is 3.63. The summed E-state index contributed by atoms with van der Waals surface area (Å²) in [6.45, 7) is 3.87. The van der Waals surface area contributed by atoms with Crippen LogP contribution < -0.4 is 5.32 Å². The molecule has 1 N–H and O–H groups in total. The van der Waals surface area contributed by atoms with Crippen molar-refractivity contribution in [3.8, 4) is 0 Å². The summed E-state index contributed by atoms with van der Waals surface area (Å²) < 4.78 is 23.3. The van der Waals surface area contributed by atoms with Gasteiger partial charge in [0.15, 0.2) is 9.84 Å². The van der Waals surface area contributed by atoms with E-state index < -0.39 is 9.84 Å². The Bertz CT molecular complexity index is 586. The summed E-state index contributed by atoms with van der Waals surface area (Å²) in [5, 5.41) is 3.29. The summed E-state index contributed by atoms with van der Waals surface area (Å²) >= 11 is 0. The van der Waals surface area contributed by atoms with Crippen LogP contribution in [0.5, 0.6) is 0 Å². The minimum absolute atomic E-state index is 0.0227. The maximum atomic E-state index is 12.5. The van der Waals surface area contributed by atoms with Crippen molar-refractivity contribution in [2.24, 2.45) is 0 Å². The Morgan fingerprint density at radius 3 is 2.43 bits per heavy atom. The molecule has 5 nitrogen and oxygen atoms in total. The molecule has 21 heavy (non-hydrogen) atoms. The van der Waals surface area contributed by atoms with Gasteiger partial charge in [-0.2, -0.15) is 0 Å². The smallest absolute Gasteiger partial charge is 0.245 e. The lowest BCUT2D eigenvalue weighted by Gasteiger charge is -2.22. The number of nitrogens with one attached hydrogen (secondary N) is 1. The van der Waals surface area contributed by atoms with Crippen LogP contribution in [0.2, 0.25) is 0 Å². The quantitative estimate of drug-likeness (QED) is 0.861. The topological polar surface area (TPSA) is 66.5 Å². The van der Waals surface area contributed by atoms with Gasteiger partial charge in [0.2, 0.25) is 5.91 Å². The molecule has 1 aromatic carbocycles. The van der Waals surface area contributed by atoms with E-state index in [1.807, 2.05) is 37.3 Å². The summed E-state index contributed by atoms with van der Waals surface area (Å²) in [6.07, 6.45) is 0.649. The molecule has 1 aliphatic heterocycles. The Labute approximate surface area is 126 Å². The van der Waals surface area contributed by atoms with E-state index in [2.05, 4.69) is 5.32 Å². The molecular formula is C15H22N2O3S. The monoisotopic (exact) mass is 310 g/mol. The molecule has 2 unspecified atom stereocenters. The van der Waals surface area contributed by atoms with Gasteiger partial charge in [-0.15, -0.1) is 0 Å². The van der Waals surface area contributed by atoms with Gasteiger partial charge in [0, 0.05) is 12.3 Å². The first-order valence-electron chi connectivity index (χ1n) is 7.30. The normalized spacial score (nSPS) is 22.8. The summed E-state index contributed by atoms with van der Waals surface area (Å²) in [5.74, 6) is 0.0929. The van der Waals surface area contributed by atoms with Gasteiger partial charge >= 0.3 is 0 Å². The Morgan fingerprint density at radius 2 is 1.86 bits per heavy atom. The van der Waals surface area contributed by atoms with Crippen LogP contribution in [0.25, 0.3) is 0 Å². The SMILES string of the molecule is CCC1NC(c2ccccc2)C(=O)N1CCS(=O)(=O)CC. The number of carbonyl (C=O) groups is 1. The fourth-order valence-corrected chi connectivity index (χ4v) is 3.31. The number of sulfone groups is 1. The second-order valence-corrected chi connectivity index (χ2v) is 7.68. The molecule has 1 amide bonds. The first kappa shape index (κ1) is 16.0. The van der Waals surface area contributed by atoms with Crippen molar-refractivity contribution in [2.75, 3.05) is 18.1 Å². The fourth-order valence-electron chi connectivity index (χ4n) is 2.54. The average molecular weight is 310 g/mol. The zero-order valence-corrected chi connectivity index (χ0v) is 13.3. The molecule has 0 spiro atoms.